The van der Waals surface area contributed by atoms with E-state index in [0.717, 1.165) is 43.1 Å². The summed E-state index contributed by atoms with van der Waals surface area (Å²) in [6, 6.07) is 12.6. The van der Waals surface area contributed by atoms with Gasteiger partial charge in [-0.15, -0.1) is 0 Å². The number of benzene rings is 2. The molecule has 1 aliphatic rings. The molecule has 3 rings (SSSR count). The van der Waals surface area contributed by atoms with E-state index in [9.17, 15) is 4.39 Å². The van der Waals surface area contributed by atoms with E-state index in [0.29, 0.717) is 11.6 Å². The van der Waals surface area contributed by atoms with E-state index < -0.39 is 0 Å². The Balaban J connectivity index is 1.59. The summed E-state index contributed by atoms with van der Waals surface area (Å²) in [5.41, 5.74) is 8.72. The van der Waals surface area contributed by atoms with Gasteiger partial charge in [0.05, 0.1) is 10.7 Å². The van der Waals surface area contributed by atoms with Crippen molar-refractivity contribution < 1.29 is 4.39 Å². The minimum Gasteiger partial charge on any atom is -0.399 e. The van der Waals surface area contributed by atoms with Gasteiger partial charge in [0.2, 0.25) is 0 Å². The Labute approximate surface area is 135 Å². The van der Waals surface area contributed by atoms with Crippen LogP contribution < -0.4 is 10.6 Å². The Bertz CT molecular complexity index is 634. The largest absolute Gasteiger partial charge is 0.399 e. The highest BCUT2D eigenvalue weighted by atomic mass is 35.5. The van der Waals surface area contributed by atoms with Crippen LogP contribution in [0, 0.1) is 11.7 Å². The molecule has 22 heavy (non-hydrogen) atoms. The summed E-state index contributed by atoms with van der Waals surface area (Å²) >= 11 is 6.29. The first kappa shape index (κ1) is 15.2. The molecule has 2 N–H and O–H groups in total. The van der Waals surface area contributed by atoms with E-state index in [-0.39, 0.29) is 5.82 Å². The van der Waals surface area contributed by atoms with Crippen LogP contribution >= 0.6 is 11.6 Å². The third-order valence-electron chi connectivity index (χ3n) is 4.36. The van der Waals surface area contributed by atoms with Gasteiger partial charge in [0, 0.05) is 18.8 Å². The first-order valence-corrected chi connectivity index (χ1v) is 8.04. The first-order chi connectivity index (χ1) is 10.6. The number of nitrogens with two attached hydrogens (primary N) is 1. The van der Waals surface area contributed by atoms with Gasteiger partial charge in [0.25, 0.3) is 0 Å². The van der Waals surface area contributed by atoms with Crippen LogP contribution in [-0.2, 0) is 6.42 Å². The molecule has 0 saturated carbocycles. The number of halogens is 2. The van der Waals surface area contributed by atoms with Crippen molar-refractivity contribution in [1.29, 1.82) is 0 Å². The summed E-state index contributed by atoms with van der Waals surface area (Å²) in [5.74, 6) is 0.478. The number of rotatable bonds is 3. The zero-order valence-electron chi connectivity index (χ0n) is 12.4. The molecule has 0 aromatic heterocycles. The molecule has 116 valence electrons. The zero-order valence-corrected chi connectivity index (χ0v) is 13.2. The summed E-state index contributed by atoms with van der Waals surface area (Å²) in [5, 5.41) is 0.719. The highest BCUT2D eigenvalue weighted by Crippen LogP contribution is 2.32. The maximum absolute atomic E-state index is 12.9. The fraction of sp³-hybridized carbons (Fsp3) is 0.333. The van der Waals surface area contributed by atoms with Gasteiger partial charge in [-0.1, -0.05) is 23.7 Å². The van der Waals surface area contributed by atoms with E-state index in [1.807, 2.05) is 30.3 Å². The van der Waals surface area contributed by atoms with E-state index in [1.165, 1.54) is 5.56 Å². The molecule has 2 nitrogen and oxygen atoms in total. The minimum atomic E-state index is -0.170. The predicted molar refractivity (Wildman–Crippen MR) is 90.9 cm³/mol. The molecule has 1 fully saturated rings. The second-order valence-electron chi connectivity index (χ2n) is 5.97. The SMILES string of the molecule is Nc1ccc(N2CCC(Cc3ccc(F)cc3)CC2)c(Cl)c1. The molecule has 0 spiro atoms. The Hall–Kier alpha value is -1.74. The normalized spacial score (nSPS) is 16.0. The molecular weight excluding hydrogens is 299 g/mol. The molecule has 2 aromatic carbocycles. The van der Waals surface area contributed by atoms with Gasteiger partial charge >= 0.3 is 0 Å². The third-order valence-corrected chi connectivity index (χ3v) is 4.67. The quantitative estimate of drug-likeness (QED) is 0.843. The number of hydrogen-bond donors (Lipinski definition) is 1. The van der Waals surface area contributed by atoms with E-state index in [4.69, 9.17) is 17.3 Å². The fourth-order valence-electron chi connectivity index (χ4n) is 3.11. The first-order valence-electron chi connectivity index (χ1n) is 7.66. The van der Waals surface area contributed by atoms with E-state index in [2.05, 4.69) is 4.90 Å². The van der Waals surface area contributed by atoms with Gasteiger partial charge < -0.3 is 10.6 Å². The maximum atomic E-state index is 12.9. The molecule has 1 saturated heterocycles. The smallest absolute Gasteiger partial charge is 0.123 e. The van der Waals surface area contributed by atoms with Crippen LogP contribution in [0.15, 0.2) is 42.5 Å². The van der Waals surface area contributed by atoms with Crippen LogP contribution in [0.2, 0.25) is 5.02 Å². The molecular formula is C18H20ClFN2. The standard InChI is InChI=1S/C18H20ClFN2/c19-17-12-16(21)5-6-18(17)22-9-7-14(8-10-22)11-13-1-3-15(20)4-2-13/h1-6,12,14H,7-11,21H2. The van der Waals surface area contributed by atoms with E-state index >= 15 is 0 Å². The molecule has 0 radical (unpaired) electrons. The van der Waals surface area contributed by atoms with Crippen LogP contribution in [0.25, 0.3) is 0 Å². The second kappa shape index (κ2) is 6.57. The molecule has 1 heterocycles. The van der Waals surface area contributed by atoms with Crippen molar-refractivity contribution in [3.05, 3.63) is 58.9 Å². The Morgan fingerprint density at radius 1 is 1.09 bits per heavy atom. The zero-order chi connectivity index (χ0) is 15.5. The lowest BCUT2D eigenvalue weighted by molar-refractivity contribution is 0.403. The summed E-state index contributed by atoms with van der Waals surface area (Å²) < 4.78 is 12.9. The summed E-state index contributed by atoms with van der Waals surface area (Å²) in [6.45, 7) is 1.99. The molecule has 2 aromatic rings. The van der Waals surface area contributed by atoms with Crippen molar-refractivity contribution in [2.24, 2.45) is 5.92 Å². The Morgan fingerprint density at radius 2 is 1.77 bits per heavy atom. The summed E-state index contributed by atoms with van der Waals surface area (Å²) in [7, 11) is 0. The van der Waals surface area contributed by atoms with Crippen molar-refractivity contribution in [3.8, 4) is 0 Å². The van der Waals surface area contributed by atoms with Gasteiger partial charge in [-0.05, 0) is 61.1 Å². The monoisotopic (exact) mass is 318 g/mol. The van der Waals surface area contributed by atoms with Crippen molar-refractivity contribution in [3.63, 3.8) is 0 Å². The molecule has 4 heteroatoms. The average Bonchev–Trinajstić information content (AvgIpc) is 2.51. The molecule has 0 aliphatic carbocycles. The van der Waals surface area contributed by atoms with Crippen LogP contribution in [-0.4, -0.2) is 13.1 Å². The van der Waals surface area contributed by atoms with Crippen molar-refractivity contribution in [1.82, 2.24) is 0 Å². The second-order valence-corrected chi connectivity index (χ2v) is 6.38. The third kappa shape index (κ3) is 3.53. The van der Waals surface area contributed by atoms with Crippen molar-refractivity contribution in [2.45, 2.75) is 19.3 Å². The minimum absolute atomic E-state index is 0.170. The Morgan fingerprint density at radius 3 is 2.41 bits per heavy atom. The van der Waals surface area contributed by atoms with Crippen LogP contribution in [0.1, 0.15) is 18.4 Å². The van der Waals surface area contributed by atoms with Crippen LogP contribution in [0.4, 0.5) is 15.8 Å². The van der Waals surface area contributed by atoms with Crippen LogP contribution in [0.5, 0.6) is 0 Å². The number of piperidine rings is 1. The lowest BCUT2D eigenvalue weighted by Crippen LogP contribution is -2.34. The number of hydrogen-bond acceptors (Lipinski definition) is 2. The topological polar surface area (TPSA) is 29.3 Å². The predicted octanol–water partition coefficient (Wildman–Crippen LogP) is 4.52. The average molecular weight is 319 g/mol. The highest BCUT2D eigenvalue weighted by molar-refractivity contribution is 6.33. The Kier molecular flexibility index (Phi) is 4.53. The molecule has 1 aliphatic heterocycles. The fourth-order valence-corrected chi connectivity index (χ4v) is 3.42. The van der Waals surface area contributed by atoms with E-state index in [1.54, 1.807) is 12.1 Å². The molecule has 0 unspecified atom stereocenters. The highest BCUT2D eigenvalue weighted by Gasteiger charge is 2.21. The van der Waals surface area contributed by atoms with Gasteiger partial charge in [-0.25, -0.2) is 4.39 Å². The van der Waals surface area contributed by atoms with Crippen molar-refractivity contribution >= 4 is 23.0 Å². The molecule has 0 amide bonds. The van der Waals surface area contributed by atoms with Crippen LogP contribution in [0.3, 0.4) is 0 Å². The molecule has 0 atom stereocenters. The summed E-state index contributed by atoms with van der Waals surface area (Å²) in [6.07, 6.45) is 3.26. The molecule has 0 bridgehead atoms. The van der Waals surface area contributed by atoms with Crippen molar-refractivity contribution in [2.75, 3.05) is 23.7 Å². The number of anilines is 2. The van der Waals surface area contributed by atoms with Gasteiger partial charge in [-0.3, -0.25) is 0 Å². The van der Waals surface area contributed by atoms with Gasteiger partial charge in [0.1, 0.15) is 5.82 Å². The lowest BCUT2D eigenvalue weighted by Gasteiger charge is -2.34. The number of nitrogen functional groups attached to an aromatic ring is 1. The maximum Gasteiger partial charge on any atom is 0.123 e. The van der Waals surface area contributed by atoms with Gasteiger partial charge in [0.15, 0.2) is 0 Å². The van der Waals surface area contributed by atoms with Gasteiger partial charge in [-0.2, -0.15) is 0 Å². The number of nitrogens with zero attached hydrogens (tertiary/aromatic N) is 1. The lowest BCUT2D eigenvalue weighted by atomic mass is 9.90. The summed E-state index contributed by atoms with van der Waals surface area (Å²) in [4.78, 5) is 2.32.